The number of nitrogens with one attached hydrogen (secondary N) is 1. The number of nitrogens with zero attached hydrogens (tertiary/aromatic N) is 3. The van der Waals surface area contributed by atoms with Gasteiger partial charge in [-0.15, -0.1) is 10.2 Å². The fraction of sp³-hybridized carbons (Fsp3) is 0.316. The average Bonchev–Trinajstić information content (AvgIpc) is 3.12. The van der Waals surface area contributed by atoms with E-state index >= 15 is 0 Å². The van der Waals surface area contributed by atoms with Gasteiger partial charge >= 0.3 is 5.97 Å². The normalized spacial score (nSPS) is 10.8. The first kappa shape index (κ1) is 20.2. The highest BCUT2D eigenvalue weighted by molar-refractivity contribution is 8.01. The van der Waals surface area contributed by atoms with Crippen LogP contribution < -0.4 is 5.32 Å². The fourth-order valence-corrected chi connectivity index (χ4v) is 4.43. The van der Waals surface area contributed by atoms with E-state index in [0.717, 1.165) is 26.9 Å². The maximum Gasteiger partial charge on any atom is 0.339 e. The van der Waals surface area contributed by atoms with Crippen LogP contribution in [0.5, 0.6) is 0 Å². The summed E-state index contributed by atoms with van der Waals surface area (Å²) >= 11 is 2.83. The molecule has 0 aliphatic carbocycles. The Morgan fingerprint density at radius 1 is 1.21 bits per heavy atom. The molecule has 3 aromatic rings. The topological polar surface area (TPSA) is 94.1 Å². The molecule has 0 aliphatic rings. The lowest BCUT2D eigenvalue weighted by molar-refractivity contribution is -0.119. The third-order valence-electron chi connectivity index (χ3n) is 4.03. The first-order valence-corrected chi connectivity index (χ1v) is 10.6. The van der Waals surface area contributed by atoms with E-state index in [-0.39, 0.29) is 0 Å². The van der Waals surface area contributed by atoms with Crippen LogP contribution in [0.2, 0.25) is 0 Å². The third kappa shape index (κ3) is 4.48. The van der Waals surface area contributed by atoms with Crippen molar-refractivity contribution in [2.75, 3.05) is 17.7 Å². The Hall–Kier alpha value is -2.52. The van der Waals surface area contributed by atoms with Crippen LogP contribution in [0.4, 0.5) is 5.13 Å². The lowest BCUT2D eigenvalue weighted by Gasteiger charge is -2.13. The molecule has 2 heterocycles. The smallest absolute Gasteiger partial charge is 0.339 e. The molecule has 1 amide bonds. The van der Waals surface area contributed by atoms with Crippen LogP contribution in [0.1, 0.15) is 35.5 Å². The molecular formula is C19H20N4O3S2. The third-order valence-corrected chi connectivity index (χ3v) is 5.88. The molecule has 28 heavy (non-hydrogen) atoms. The van der Waals surface area contributed by atoms with Gasteiger partial charge < -0.3 is 4.74 Å². The van der Waals surface area contributed by atoms with Gasteiger partial charge in [-0.1, -0.05) is 55.1 Å². The highest BCUT2D eigenvalue weighted by Gasteiger charge is 2.20. The molecule has 0 aliphatic heterocycles. The van der Waals surface area contributed by atoms with E-state index in [0.29, 0.717) is 22.5 Å². The van der Waals surface area contributed by atoms with E-state index in [1.807, 2.05) is 45.0 Å². The van der Waals surface area contributed by atoms with Crippen LogP contribution >= 0.6 is 23.1 Å². The van der Waals surface area contributed by atoms with E-state index in [4.69, 9.17) is 4.74 Å². The van der Waals surface area contributed by atoms with Crippen molar-refractivity contribution < 1.29 is 14.3 Å². The first-order valence-electron chi connectivity index (χ1n) is 8.85. The van der Waals surface area contributed by atoms with Gasteiger partial charge in [0.1, 0.15) is 0 Å². The Morgan fingerprint density at radius 2 is 2.00 bits per heavy atom. The van der Waals surface area contributed by atoms with Crippen LogP contribution in [0.15, 0.2) is 28.6 Å². The Morgan fingerprint density at radius 3 is 2.75 bits per heavy atom. The summed E-state index contributed by atoms with van der Waals surface area (Å²) in [5.41, 5.74) is 2.80. The molecule has 2 aromatic heterocycles. The number of rotatable bonds is 7. The fourth-order valence-electron chi connectivity index (χ4n) is 2.77. The number of carbonyl (C=O) groups is 2. The highest BCUT2D eigenvalue weighted by atomic mass is 32.2. The molecule has 0 spiro atoms. The number of pyridine rings is 1. The second-order valence-electron chi connectivity index (χ2n) is 5.86. The number of hydrogen-bond donors (Lipinski definition) is 1. The van der Waals surface area contributed by atoms with Crippen LogP contribution in [-0.4, -0.2) is 39.4 Å². The number of carbonyl (C=O) groups excluding carboxylic acids is 2. The van der Waals surface area contributed by atoms with E-state index in [2.05, 4.69) is 20.5 Å². The first-order chi connectivity index (χ1) is 13.5. The van der Waals surface area contributed by atoms with Crippen molar-refractivity contribution in [3.8, 4) is 0 Å². The molecule has 0 unspecified atom stereocenters. The molecule has 0 saturated heterocycles. The molecule has 1 aromatic carbocycles. The van der Waals surface area contributed by atoms with E-state index in [1.54, 1.807) is 11.8 Å². The summed E-state index contributed by atoms with van der Waals surface area (Å²) in [6, 6.07) is 7.41. The summed E-state index contributed by atoms with van der Waals surface area (Å²) in [6.07, 6.45) is 0.701. The maximum absolute atomic E-state index is 12.7. The number of aromatic nitrogens is 3. The monoisotopic (exact) mass is 416 g/mol. The second kappa shape index (κ2) is 9.11. The number of amides is 1. The van der Waals surface area contributed by atoms with Crippen LogP contribution in [0, 0.1) is 6.92 Å². The predicted molar refractivity (Wildman–Crippen MR) is 111 cm³/mol. The quantitative estimate of drug-likeness (QED) is 0.355. The van der Waals surface area contributed by atoms with Gasteiger partial charge in [-0.25, -0.2) is 4.79 Å². The molecule has 7 nitrogen and oxygen atoms in total. The minimum atomic E-state index is -0.541. The molecular weight excluding hydrogens is 396 g/mol. The van der Waals surface area contributed by atoms with Crippen molar-refractivity contribution in [2.24, 2.45) is 0 Å². The van der Waals surface area contributed by atoms with Crippen LogP contribution in [0.25, 0.3) is 10.9 Å². The molecule has 0 radical (unpaired) electrons. The molecule has 0 fully saturated rings. The van der Waals surface area contributed by atoms with Crippen molar-refractivity contribution in [3.63, 3.8) is 0 Å². The minimum Gasteiger partial charge on any atom is -0.452 e. The van der Waals surface area contributed by atoms with Gasteiger partial charge in [0.25, 0.3) is 5.91 Å². The van der Waals surface area contributed by atoms with Crippen molar-refractivity contribution in [2.45, 2.75) is 31.5 Å². The molecule has 0 bridgehead atoms. The molecule has 0 atom stereocenters. The van der Waals surface area contributed by atoms with E-state index in [1.165, 1.54) is 11.3 Å². The molecule has 0 saturated carbocycles. The summed E-state index contributed by atoms with van der Waals surface area (Å²) in [5.74, 6) is -0.121. The molecule has 1 N–H and O–H groups in total. The number of thioether (sulfide) groups is 1. The number of fused-ring (bicyclic) bond motifs is 1. The van der Waals surface area contributed by atoms with Crippen LogP contribution in [-0.2, 0) is 16.0 Å². The standard InChI is InChI=1S/C19H20N4O3S2/c1-4-13-11(3)16(12-8-6-7-9-14(12)20-13)17(25)26-10-15(24)21-18-22-23-19(28-18)27-5-2/h6-9H,4-5,10H2,1-3H3,(H,21,22,24). The summed E-state index contributed by atoms with van der Waals surface area (Å²) in [6.45, 7) is 5.45. The van der Waals surface area contributed by atoms with Crippen LogP contribution in [0.3, 0.4) is 0 Å². The van der Waals surface area contributed by atoms with Gasteiger partial charge in [-0.05, 0) is 30.7 Å². The van der Waals surface area contributed by atoms with Gasteiger partial charge in [0.05, 0.1) is 11.1 Å². The van der Waals surface area contributed by atoms with Gasteiger partial charge in [-0.2, -0.15) is 0 Å². The van der Waals surface area contributed by atoms with E-state index < -0.39 is 18.5 Å². The Kier molecular flexibility index (Phi) is 6.58. The summed E-state index contributed by atoms with van der Waals surface area (Å²) < 4.78 is 6.06. The molecule has 146 valence electrons. The highest BCUT2D eigenvalue weighted by Crippen LogP contribution is 2.26. The lowest BCUT2D eigenvalue weighted by atomic mass is 10.0. The Bertz CT molecular complexity index is 1020. The number of ether oxygens (including phenoxy) is 1. The van der Waals surface area contributed by atoms with Gasteiger partial charge in [0.2, 0.25) is 5.13 Å². The maximum atomic E-state index is 12.7. The summed E-state index contributed by atoms with van der Waals surface area (Å²) in [5, 5.41) is 11.6. The van der Waals surface area contributed by atoms with Gasteiger partial charge in [-0.3, -0.25) is 15.1 Å². The summed E-state index contributed by atoms with van der Waals surface area (Å²) in [7, 11) is 0. The van der Waals surface area contributed by atoms with Gasteiger partial charge in [0, 0.05) is 11.1 Å². The number of para-hydroxylation sites is 1. The number of anilines is 1. The molecule has 9 heteroatoms. The predicted octanol–water partition coefficient (Wildman–Crippen LogP) is 3.86. The number of hydrogen-bond acceptors (Lipinski definition) is 8. The minimum absolute atomic E-state index is 0.385. The largest absolute Gasteiger partial charge is 0.452 e. The molecule has 3 rings (SSSR count). The zero-order valence-electron chi connectivity index (χ0n) is 15.8. The zero-order chi connectivity index (χ0) is 20.1. The van der Waals surface area contributed by atoms with Crippen molar-refractivity contribution in [1.29, 1.82) is 0 Å². The second-order valence-corrected chi connectivity index (χ2v) is 8.35. The Labute approximate surface area is 170 Å². The number of aryl methyl sites for hydroxylation is 1. The van der Waals surface area contributed by atoms with Crippen molar-refractivity contribution in [3.05, 3.63) is 41.1 Å². The van der Waals surface area contributed by atoms with E-state index in [9.17, 15) is 9.59 Å². The average molecular weight is 417 g/mol. The summed E-state index contributed by atoms with van der Waals surface area (Å²) in [4.78, 5) is 29.5. The number of esters is 1. The van der Waals surface area contributed by atoms with Crippen molar-refractivity contribution >= 4 is 51.0 Å². The lowest BCUT2D eigenvalue weighted by Crippen LogP contribution is -2.21. The number of benzene rings is 1. The van der Waals surface area contributed by atoms with Gasteiger partial charge in [0.15, 0.2) is 10.9 Å². The SMILES string of the molecule is CCSc1nnc(NC(=O)COC(=O)c2c(C)c(CC)nc3ccccc23)s1. The Balaban J connectivity index is 1.72. The zero-order valence-corrected chi connectivity index (χ0v) is 17.4. The van der Waals surface area contributed by atoms with Crippen molar-refractivity contribution in [1.82, 2.24) is 15.2 Å².